The van der Waals surface area contributed by atoms with Gasteiger partial charge in [-0.05, 0) is 12.3 Å². The zero-order chi connectivity index (χ0) is 11.4. The molecule has 0 bridgehead atoms. The summed E-state index contributed by atoms with van der Waals surface area (Å²) in [7, 11) is 0. The minimum absolute atomic E-state index is 0.149. The van der Waals surface area contributed by atoms with Crippen molar-refractivity contribution in [3.8, 4) is 0 Å². The van der Waals surface area contributed by atoms with E-state index >= 15 is 0 Å². The topological polar surface area (TPSA) is 62.2 Å². The maximum atomic E-state index is 10.8. The minimum atomic E-state index is -0.954. The van der Waals surface area contributed by atoms with Gasteiger partial charge in [0.05, 0.1) is 5.51 Å². The Kier molecular flexibility index (Phi) is 3.77. The third kappa shape index (κ3) is 2.72. The molecule has 2 rings (SSSR count). The second-order valence-electron chi connectivity index (χ2n) is 4.20. The molecular formula is C11H16N2O2S. The van der Waals surface area contributed by atoms with Gasteiger partial charge in [0.25, 0.3) is 0 Å². The highest BCUT2D eigenvalue weighted by atomic mass is 32.1. The maximum Gasteiger partial charge on any atom is 0.357 e. The Bertz CT molecular complexity index is 359. The van der Waals surface area contributed by atoms with Gasteiger partial charge in [0.1, 0.15) is 5.00 Å². The van der Waals surface area contributed by atoms with Gasteiger partial charge in [-0.3, -0.25) is 0 Å². The van der Waals surface area contributed by atoms with Gasteiger partial charge in [0, 0.05) is 6.54 Å². The molecule has 0 spiro atoms. The first-order valence-corrected chi connectivity index (χ1v) is 6.56. The largest absolute Gasteiger partial charge is 0.476 e. The van der Waals surface area contributed by atoms with Crippen molar-refractivity contribution in [3.05, 3.63) is 11.2 Å². The molecule has 1 saturated carbocycles. The summed E-state index contributed by atoms with van der Waals surface area (Å²) >= 11 is 1.36. The number of hydrogen-bond donors (Lipinski definition) is 2. The molecule has 0 unspecified atom stereocenters. The lowest BCUT2D eigenvalue weighted by molar-refractivity contribution is 0.0692. The van der Waals surface area contributed by atoms with Crippen LogP contribution in [0.3, 0.4) is 0 Å². The SMILES string of the molecule is O=C(O)c1ncsc1NCCC1CCCC1. The molecule has 0 radical (unpaired) electrons. The molecule has 0 saturated heterocycles. The van der Waals surface area contributed by atoms with Gasteiger partial charge in [-0.2, -0.15) is 0 Å². The number of hydrogen-bond acceptors (Lipinski definition) is 4. The predicted octanol–water partition coefficient (Wildman–Crippen LogP) is 2.83. The summed E-state index contributed by atoms with van der Waals surface area (Å²) in [5.41, 5.74) is 1.72. The molecule has 16 heavy (non-hydrogen) atoms. The molecular weight excluding hydrogens is 224 g/mol. The number of carbonyl (C=O) groups is 1. The van der Waals surface area contributed by atoms with E-state index in [1.54, 1.807) is 5.51 Å². The van der Waals surface area contributed by atoms with Crippen molar-refractivity contribution in [2.75, 3.05) is 11.9 Å². The van der Waals surface area contributed by atoms with Gasteiger partial charge in [-0.25, -0.2) is 9.78 Å². The lowest BCUT2D eigenvalue weighted by Gasteiger charge is -2.09. The fourth-order valence-corrected chi connectivity index (χ4v) is 2.91. The minimum Gasteiger partial charge on any atom is -0.476 e. The Labute approximate surface area is 98.7 Å². The Morgan fingerprint density at radius 2 is 2.31 bits per heavy atom. The van der Waals surface area contributed by atoms with Crippen LogP contribution < -0.4 is 5.32 Å². The lowest BCUT2D eigenvalue weighted by Crippen LogP contribution is -2.09. The average molecular weight is 240 g/mol. The number of aromatic nitrogens is 1. The van der Waals surface area contributed by atoms with Crippen LogP contribution in [0.2, 0.25) is 0 Å². The highest BCUT2D eigenvalue weighted by molar-refractivity contribution is 7.14. The van der Waals surface area contributed by atoms with Crippen LogP contribution in [0.1, 0.15) is 42.6 Å². The third-order valence-electron chi connectivity index (χ3n) is 3.08. The van der Waals surface area contributed by atoms with Crippen LogP contribution in [-0.4, -0.2) is 22.6 Å². The molecule has 4 nitrogen and oxygen atoms in total. The summed E-state index contributed by atoms with van der Waals surface area (Å²) < 4.78 is 0. The van der Waals surface area contributed by atoms with Gasteiger partial charge in [0.15, 0.2) is 5.69 Å². The first kappa shape index (κ1) is 11.4. The van der Waals surface area contributed by atoms with Crippen LogP contribution in [0.25, 0.3) is 0 Å². The van der Waals surface area contributed by atoms with Gasteiger partial charge >= 0.3 is 5.97 Å². The highest BCUT2D eigenvalue weighted by Crippen LogP contribution is 2.28. The Balaban J connectivity index is 1.80. The van der Waals surface area contributed by atoms with Crippen molar-refractivity contribution < 1.29 is 9.90 Å². The number of nitrogens with one attached hydrogen (secondary N) is 1. The first-order chi connectivity index (χ1) is 7.77. The lowest BCUT2D eigenvalue weighted by atomic mass is 10.0. The summed E-state index contributed by atoms with van der Waals surface area (Å²) in [5, 5.41) is 12.7. The molecule has 5 heteroatoms. The molecule has 1 aliphatic rings. The monoisotopic (exact) mass is 240 g/mol. The Morgan fingerprint density at radius 3 is 3.00 bits per heavy atom. The van der Waals surface area contributed by atoms with E-state index in [-0.39, 0.29) is 5.69 Å². The molecule has 0 atom stereocenters. The molecule has 1 aliphatic carbocycles. The number of anilines is 1. The van der Waals surface area contributed by atoms with Crippen molar-refractivity contribution in [3.63, 3.8) is 0 Å². The number of carboxylic acid groups (broad SMARTS) is 1. The Morgan fingerprint density at radius 1 is 1.56 bits per heavy atom. The molecule has 1 aromatic rings. The number of aromatic carboxylic acids is 1. The smallest absolute Gasteiger partial charge is 0.357 e. The molecule has 1 fully saturated rings. The molecule has 1 heterocycles. The van der Waals surface area contributed by atoms with Gasteiger partial charge in [-0.1, -0.05) is 25.7 Å². The van der Waals surface area contributed by atoms with E-state index in [0.717, 1.165) is 18.9 Å². The highest BCUT2D eigenvalue weighted by Gasteiger charge is 2.16. The van der Waals surface area contributed by atoms with E-state index in [0.29, 0.717) is 5.00 Å². The molecule has 88 valence electrons. The number of thiazole rings is 1. The van der Waals surface area contributed by atoms with Crippen molar-refractivity contribution in [1.82, 2.24) is 4.98 Å². The van der Waals surface area contributed by atoms with Crippen molar-refractivity contribution in [2.45, 2.75) is 32.1 Å². The fourth-order valence-electron chi connectivity index (χ4n) is 2.21. The predicted molar refractivity (Wildman–Crippen MR) is 64.1 cm³/mol. The molecule has 0 aromatic carbocycles. The summed E-state index contributed by atoms with van der Waals surface area (Å²) in [6.07, 6.45) is 6.50. The van der Waals surface area contributed by atoms with E-state index in [9.17, 15) is 4.79 Å². The van der Waals surface area contributed by atoms with Crippen molar-refractivity contribution >= 4 is 22.3 Å². The van der Waals surface area contributed by atoms with E-state index in [4.69, 9.17) is 5.11 Å². The molecule has 2 N–H and O–H groups in total. The standard InChI is InChI=1S/C11H16N2O2S/c14-11(15)9-10(16-7-13-9)12-6-5-8-3-1-2-4-8/h7-8,12H,1-6H2,(H,14,15). The van der Waals surface area contributed by atoms with Crippen LogP contribution in [0, 0.1) is 5.92 Å². The van der Waals surface area contributed by atoms with Crippen LogP contribution in [0.5, 0.6) is 0 Å². The summed E-state index contributed by atoms with van der Waals surface area (Å²) in [6, 6.07) is 0. The van der Waals surface area contributed by atoms with Crippen LogP contribution >= 0.6 is 11.3 Å². The van der Waals surface area contributed by atoms with E-state index in [1.165, 1.54) is 37.0 Å². The Hall–Kier alpha value is -1.10. The van der Waals surface area contributed by atoms with Gasteiger partial charge in [-0.15, -0.1) is 11.3 Å². The van der Waals surface area contributed by atoms with E-state index in [2.05, 4.69) is 10.3 Å². The second-order valence-corrected chi connectivity index (χ2v) is 5.06. The number of rotatable bonds is 5. The fraction of sp³-hybridized carbons (Fsp3) is 0.636. The van der Waals surface area contributed by atoms with Crippen LogP contribution in [0.4, 0.5) is 5.00 Å². The van der Waals surface area contributed by atoms with Crippen LogP contribution in [0.15, 0.2) is 5.51 Å². The maximum absolute atomic E-state index is 10.8. The molecule has 0 aliphatic heterocycles. The van der Waals surface area contributed by atoms with E-state index in [1.807, 2.05) is 0 Å². The average Bonchev–Trinajstić information content (AvgIpc) is 2.87. The molecule has 1 aromatic heterocycles. The number of nitrogens with zero attached hydrogens (tertiary/aromatic N) is 1. The normalized spacial score (nSPS) is 16.5. The van der Waals surface area contributed by atoms with Crippen molar-refractivity contribution in [1.29, 1.82) is 0 Å². The van der Waals surface area contributed by atoms with Gasteiger partial charge < -0.3 is 10.4 Å². The van der Waals surface area contributed by atoms with Gasteiger partial charge in [0.2, 0.25) is 0 Å². The van der Waals surface area contributed by atoms with Crippen molar-refractivity contribution in [2.24, 2.45) is 5.92 Å². The quantitative estimate of drug-likeness (QED) is 0.830. The zero-order valence-electron chi connectivity index (χ0n) is 9.11. The second kappa shape index (κ2) is 5.30. The molecule has 0 amide bonds. The number of carboxylic acids is 1. The summed E-state index contributed by atoms with van der Waals surface area (Å²) in [6.45, 7) is 0.854. The first-order valence-electron chi connectivity index (χ1n) is 5.68. The summed E-state index contributed by atoms with van der Waals surface area (Å²) in [5.74, 6) is -0.127. The summed E-state index contributed by atoms with van der Waals surface area (Å²) in [4.78, 5) is 14.6. The van der Waals surface area contributed by atoms with Crippen LogP contribution in [-0.2, 0) is 0 Å². The van der Waals surface area contributed by atoms with E-state index < -0.39 is 5.97 Å². The zero-order valence-corrected chi connectivity index (χ0v) is 9.92. The third-order valence-corrected chi connectivity index (χ3v) is 3.87.